The predicted octanol–water partition coefficient (Wildman–Crippen LogP) is 3.31. The number of aryl methyl sites for hydroxylation is 1. The molecule has 0 fully saturated rings. The number of benzene rings is 2. The molecule has 7 nitrogen and oxygen atoms in total. The molecule has 0 saturated heterocycles. The van der Waals surface area contributed by atoms with E-state index in [0.29, 0.717) is 21.0 Å². The number of aromatic carboxylic acids is 1. The van der Waals surface area contributed by atoms with Crippen LogP contribution in [0, 0.1) is 0 Å². The van der Waals surface area contributed by atoms with Crippen LogP contribution in [0.2, 0.25) is 0 Å². The van der Waals surface area contributed by atoms with Gasteiger partial charge in [0.05, 0.1) is 16.5 Å². The van der Waals surface area contributed by atoms with E-state index < -0.39 is 5.97 Å². The Bertz CT molecular complexity index is 1210. The summed E-state index contributed by atoms with van der Waals surface area (Å²) in [7, 11) is 0. The van der Waals surface area contributed by atoms with Crippen LogP contribution in [0.25, 0.3) is 15.9 Å². The van der Waals surface area contributed by atoms with Crippen LogP contribution in [0.3, 0.4) is 0 Å². The zero-order chi connectivity index (χ0) is 18.3. The van der Waals surface area contributed by atoms with Crippen molar-refractivity contribution in [2.24, 2.45) is 0 Å². The van der Waals surface area contributed by atoms with Crippen LogP contribution >= 0.6 is 11.3 Å². The van der Waals surface area contributed by atoms with Crippen LogP contribution in [0.1, 0.15) is 22.8 Å². The summed E-state index contributed by atoms with van der Waals surface area (Å²) in [5, 5.41) is 17.6. The molecule has 2 aromatic carbocycles. The van der Waals surface area contributed by atoms with Crippen LogP contribution in [-0.4, -0.2) is 25.7 Å². The summed E-state index contributed by atoms with van der Waals surface area (Å²) in [6.07, 6.45) is 0.869. The number of nitrogens with one attached hydrogen (secondary N) is 1. The second-order valence-corrected chi connectivity index (χ2v) is 6.65. The van der Waals surface area contributed by atoms with Gasteiger partial charge in [0.2, 0.25) is 10.1 Å². The summed E-state index contributed by atoms with van der Waals surface area (Å²) in [4.78, 5) is 28.6. The number of hydrogen-bond acceptors (Lipinski definition) is 6. The monoisotopic (exact) mass is 366 g/mol. The lowest BCUT2D eigenvalue weighted by Gasteiger charge is -2.06. The average Bonchev–Trinajstić information content (AvgIpc) is 3.04. The van der Waals surface area contributed by atoms with E-state index >= 15 is 0 Å². The third-order valence-electron chi connectivity index (χ3n) is 4.08. The Labute approximate surface area is 151 Å². The molecule has 2 aromatic heterocycles. The molecule has 8 heteroatoms. The highest BCUT2D eigenvalue weighted by molar-refractivity contribution is 7.20. The van der Waals surface area contributed by atoms with E-state index in [1.54, 1.807) is 0 Å². The Hall–Kier alpha value is -3.26. The SMILES string of the molecule is CCc1ccccc1Nc1nn2c(=O)c3ccc(C(=O)O)cc3nc2s1. The van der Waals surface area contributed by atoms with Gasteiger partial charge in [-0.15, -0.1) is 5.10 Å². The molecule has 26 heavy (non-hydrogen) atoms. The average molecular weight is 366 g/mol. The zero-order valence-corrected chi connectivity index (χ0v) is 14.6. The molecule has 2 heterocycles. The van der Waals surface area contributed by atoms with Crippen molar-refractivity contribution in [2.45, 2.75) is 13.3 Å². The van der Waals surface area contributed by atoms with Gasteiger partial charge in [-0.1, -0.05) is 36.5 Å². The Kier molecular flexibility index (Phi) is 3.89. The lowest BCUT2D eigenvalue weighted by Crippen LogP contribution is -2.15. The molecule has 0 aliphatic heterocycles. The van der Waals surface area contributed by atoms with Crippen LogP contribution in [0.15, 0.2) is 47.3 Å². The van der Waals surface area contributed by atoms with E-state index in [1.807, 2.05) is 24.3 Å². The second kappa shape index (κ2) is 6.23. The highest BCUT2D eigenvalue weighted by atomic mass is 32.1. The van der Waals surface area contributed by atoms with Crippen molar-refractivity contribution in [3.8, 4) is 0 Å². The standard InChI is InChI=1S/C18H14N4O3S/c1-2-10-5-3-4-6-13(10)19-17-21-22-15(23)12-8-7-11(16(24)25)9-14(12)20-18(22)26-17/h3-9H,2H2,1H3,(H,19,21)(H,24,25). The van der Waals surface area contributed by atoms with Gasteiger partial charge in [-0.2, -0.15) is 4.52 Å². The second-order valence-electron chi connectivity index (χ2n) is 5.69. The van der Waals surface area contributed by atoms with Crippen LogP contribution < -0.4 is 10.9 Å². The molecule has 2 N–H and O–H groups in total. The largest absolute Gasteiger partial charge is 0.478 e. The third-order valence-corrected chi connectivity index (χ3v) is 4.91. The molecule has 0 saturated carbocycles. The third kappa shape index (κ3) is 2.70. The molecular weight excluding hydrogens is 352 g/mol. The van der Waals surface area contributed by atoms with E-state index in [-0.39, 0.29) is 11.1 Å². The van der Waals surface area contributed by atoms with Gasteiger partial charge >= 0.3 is 5.97 Å². The maximum atomic E-state index is 12.6. The van der Waals surface area contributed by atoms with E-state index in [9.17, 15) is 9.59 Å². The van der Waals surface area contributed by atoms with Gasteiger partial charge in [0, 0.05) is 5.69 Å². The minimum Gasteiger partial charge on any atom is -0.478 e. The van der Waals surface area contributed by atoms with Crippen molar-refractivity contribution < 1.29 is 9.90 Å². The first-order valence-electron chi connectivity index (χ1n) is 7.98. The van der Waals surface area contributed by atoms with Crippen LogP contribution in [-0.2, 0) is 6.42 Å². The summed E-state index contributed by atoms with van der Waals surface area (Å²) in [6, 6.07) is 12.2. The fourth-order valence-corrected chi connectivity index (χ4v) is 3.57. The number of carboxylic acids is 1. The number of aromatic nitrogens is 3. The predicted molar refractivity (Wildman–Crippen MR) is 101 cm³/mol. The first kappa shape index (κ1) is 16.2. The van der Waals surface area contributed by atoms with Gasteiger partial charge in [0.15, 0.2) is 0 Å². The van der Waals surface area contributed by atoms with E-state index in [0.717, 1.165) is 17.7 Å². The maximum absolute atomic E-state index is 12.6. The molecule has 4 aromatic rings. The molecular formula is C18H14N4O3S. The fourth-order valence-electron chi connectivity index (χ4n) is 2.76. The molecule has 130 valence electrons. The lowest BCUT2D eigenvalue weighted by atomic mass is 10.1. The first-order chi connectivity index (χ1) is 12.6. The minimum atomic E-state index is -1.06. The molecule has 4 rings (SSSR count). The van der Waals surface area contributed by atoms with Crippen LogP contribution in [0.5, 0.6) is 0 Å². The van der Waals surface area contributed by atoms with Crippen molar-refractivity contribution in [3.63, 3.8) is 0 Å². The fraction of sp³-hybridized carbons (Fsp3) is 0.111. The van der Waals surface area contributed by atoms with Gasteiger partial charge in [-0.25, -0.2) is 9.78 Å². The molecule has 0 spiro atoms. The van der Waals surface area contributed by atoms with Gasteiger partial charge in [0.1, 0.15) is 0 Å². The Morgan fingerprint density at radius 1 is 1.27 bits per heavy atom. The van der Waals surface area contributed by atoms with E-state index in [1.165, 1.54) is 34.1 Å². The van der Waals surface area contributed by atoms with Crippen molar-refractivity contribution in [1.82, 2.24) is 14.6 Å². The summed E-state index contributed by atoms with van der Waals surface area (Å²) in [5.74, 6) is -1.06. The zero-order valence-electron chi connectivity index (χ0n) is 13.8. The van der Waals surface area contributed by atoms with Gasteiger partial charge < -0.3 is 10.4 Å². The van der Waals surface area contributed by atoms with Gasteiger partial charge in [-0.05, 0) is 36.2 Å². The van der Waals surface area contributed by atoms with Crippen molar-refractivity contribution in [3.05, 3.63) is 63.9 Å². The Balaban J connectivity index is 1.84. The Morgan fingerprint density at radius 3 is 2.85 bits per heavy atom. The lowest BCUT2D eigenvalue weighted by molar-refractivity contribution is 0.0697. The quantitative estimate of drug-likeness (QED) is 0.575. The van der Waals surface area contributed by atoms with E-state index in [2.05, 4.69) is 22.3 Å². The maximum Gasteiger partial charge on any atom is 0.335 e. The number of anilines is 2. The first-order valence-corrected chi connectivity index (χ1v) is 8.80. The number of carbonyl (C=O) groups is 1. The smallest absolute Gasteiger partial charge is 0.335 e. The van der Waals surface area contributed by atoms with Gasteiger partial charge in [-0.3, -0.25) is 4.79 Å². The van der Waals surface area contributed by atoms with E-state index in [4.69, 9.17) is 5.11 Å². The molecule has 0 aliphatic carbocycles. The molecule has 0 aliphatic rings. The highest BCUT2D eigenvalue weighted by Gasteiger charge is 2.13. The summed E-state index contributed by atoms with van der Waals surface area (Å²) in [5.41, 5.74) is 2.19. The molecule has 0 radical (unpaired) electrons. The number of rotatable bonds is 4. The number of fused-ring (bicyclic) bond motifs is 2. The number of hydrogen-bond donors (Lipinski definition) is 2. The van der Waals surface area contributed by atoms with Gasteiger partial charge in [0.25, 0.3) is 5.56 Å². The van der Waals surface area contributed by atoms with Crippen molar-refractivity contribution in [2.75, 3.05) is 5.32 Å². The number of carboxylic acid groups (broad SMARTS) is 1. The molecule has 0 unspecified atom stereocenters. The summed E-state index contributed by atoms with van der Waals surface area (Å²) in [6.45, 7) is 2.07. The highest BCUT2D eigenvalue weighted by Crippen LogP contribution is 2.25. The molecule has 0 atom stereocenters. The van der Waals surface area contributed by atoms with Crippen molar-refractivity contribution >= 4 is 44.0 Å². The Morgan fingerprint density at radius 2 is 2.08 bits per heavy atom. The number of nitrogens with zero attached hydrogens (tertiary/aromatic N) is 3. The van der Waals surface area contributed by atoms with Crippen molar-refractivity contribution in [1.29, 1.82) is 0 Å². The molecule has 0 bridgehead atoms. The van der Waals surface area contributed by atoms with Crippen LogP contribution in [0.4, 0.5) is 10.8 Å². The molecule has 0 amide bonds. The normalized spacial score (nSPS) is 11.1. The summed E-state index contributed by atoms with van der Waals surface area (Å²) < 4.78 is 1.24. The minimum absolute atomic E-state index is 0.0912. The topological polar surface area (TPSA) is 96.6 Å². The summed E-state index contributed by atoms with van der Waals surface area (Å²) >= 11 is 1.24. The number of para-hydroxylation sites is 1.